The fourth-order valence-corrected chi connectivity index (χ4v) is 1.56. The second-order valence-electron chi connectivity index (χ2n) is 3.32. The highest BCUT2D eigenvalue weighted by molar-refractivity contribution is 5.96. The van der Waals surface area contributed by atoms with Gasteiger partial charge in [0, 0.05) is 13.0 Å². The lowest BCUT2D eigenvalue weighted by atomic mass is 10.1. The number of aromatic nitrogens is 2. The molecule has 7 heteroatoms. The van der Waals surface area contributed by atoms with Crippen molar-refractivity contribution in [2.24, 2.45) is 5.73 Å². The largest absolute Gasteiger partial charge is 0.351 e. The summed E-state index contributed by atoms with van der Waals surface area (Å²) in [4.78, 5) is 29.0. The van der Waals surface area contributed by atoms with Crippen molar-refractivity contribution in [1.82, 2.24) is 20.6 Å². The summed E-state index contributed by atoms with van der Waals surface area (Å²) in [5, 5.41) is 5.01. The Kier molecular flexibility index (Phi) is 2.38. The van der Waals surface area contributed by atoms with Gasteiger partial charge < -0.3 is 10.7 Å². The summed E-state index contributed by atoms with van der Waals surface area (Å²) in [6.45, 7) is 0.534. The van der Waals surface area contributed by atoms with Crippen molar-refractivity contribution in [2.75, 3.05) is 0 Å². The van der Waals surface area contributed by atoms with Gasteiger partial charge in [0.2, 0.25) is 5.91 Å². The minimum atomic E-state index is -0.838. The number of fused-ring (bicyclic) bond motifs is 1. The zero-order chi connectivity index (χ0) is 10.8. The molecule has 0 spiro atoms. The van der Waals surface area contributed by atoms with Gasteiger partial charge in [-0.3, -0.25) is 15.4 Å². The van der Waals surface area contributed by atoms with E-state index in [1.165, 1.54) is 0 Å². The number of H-pyrrole nitrogens is 1. The van der Waals surface area contributed by atoms with Crippen LogP contribution in [0.4, 0.5) is 4.79 Å². The van der Waals surface area contributed by atoms with Crippen molar-refractivity contribution in [3.63, 3.8) is 0 Å². The Balaban J connectivity index is 2.03. The number of imidazole rings is 1. The molecule has 1 aromatic rings. The monoisotopic (exact) mass is 209 g/mol. The van der Waals surface area contributed by atoms with Crippen LogP contribution in [0.25, 0.3) is 0 Å². The van der Waals surface area contributed by atoms with E-state index in [0.717, 1.165) is 11.4 Å². The number of hydrogen-bond donors (Lipinski definition) is 4. The number of hydrogen-bond acceptors (Lipinski definition) is 4. The third-order valence-electron chi connectivity index (χ3n) is 2.29. The molecule has 15 heavy (non-hydrogen) atoms. The van der Waals surface area contributed by atoms with Crippen LogP contribution in [0.2, 0.25) is 0 Å². The molecule has 5 N–H and O–H groups in total. The minimum absolute atomic E-state index is 0.420. The number of imide groups is 1. The Bertz CT molecular complexity index is 399. The van der Waals surface area contributed by atoms with Crippen molar-refractivity contribution in [2.45, 2.75) is 19.0 Å². The molecule has 1 aromatic heterocycles. The van der Waals surface area contributed by atoms with E-state index in [1.807, 2.05) is 5.32 Å². The normalized spacial score (nSPS) is 19.3. The third kappa shape index (κ3) is 1.96. The summed E-state index contributed by atoms with van der Waals surface area (Å²) in [6.07, 6.45) is 2.04. The Morgan fingerprint density at radius 2 is 2.40 bits per heavy atom. The molecule has 80 valence electrons. The zero-order valence-electron chi connectivity index (χ0n) is 7.91. The highest BCUT2D eigenvalue weighted by Crippen LogP contribution is 2.11. The summed E-state index contributed by atoms with van der Waals surface area (Å²) in [5.41, 5.74) is 6.67. The summed E-state index contributed by atoms with van der Waals surface area (Å²) in [6, 6.07) is -1.29. The molecule has 0 fully saturated rings. The fourth-order valence-electron chi connectivity index (χ4n) is 1.56. The molecule has 0 aromatic carbocycles. The third-order valence-corrected chi connectivity index (χ3v) is 2.29. The second kappa shape index (κ2) is 3.70. The standard InChI is InChI=1S/C8H11N5O2/c9-8(15)13-7(14)5-1-4-6(2-10-5)12-3-11-4/h3,5,10H,1-2H2,(H,11,12)(H3,9,13,14,15). The molecule has 1 atom stereocenters. The molecule has 2 rings (SSSR count). The van der Waals surface area contributed by atoms with Gasteiger partial charge in [-0.25, -0.2) is 9.78 Å². The van der Waals surface area contributed by atoms with Crippen LogP contribution >= 0.6 is 0 Å². The summed E-state index contributed by atoms with van der Waals surface area (Å²) < 4.78 is 0. The molecule has 1 aliphatic rings. The van der Waals surface area contributed by atoms with Crippen molar-refractivity contribution >= 4 is 11.9 Å². The number of urea groups is 1. The molecular formula is C8H11N5O2. The molecule has 1 unspecified atom stereocenters. The van der Waals surface area contributed by atoms with Crippen molar-refractivity contribution < 1.29 is 9.59 Å². The van der Waals surface area contributed by atoms with Crippen LogP contribution in [0.3, 0.4) is 0 Å². The maximum Gasteiger partial charge on any atom is 0.318 e. The van der Waals surface area contributed by atoms with Crippen LogP contribution in [0.15, 0.2) is 6.33 Å². The number of nitrogens with zero attached hydrogens (tertiary/aromatic N) is 1. The first-order valence-corrected chi connectivity index (χ1v) is 4.51. The Hall–Kier alpha value is -1.89. The van der Waals surface area contributed by atoms with Crippen molar-refractivity contribution in [3.8, 4) is 0 Å². The number of nitrogens with one attached hydrogen (secondary N) is 3. The number of carbonyl (C=O) groups excluding carboxylic acids is 2. The minimum Gasteiger partial charge on any atom is -0.351 e. The van der Waals surface area contributed by atoms with Crippen LogP contribution in [-0.2, 0) is 17.8 Å². The van der Waals surface area contributed by atoms with Gasteiger partial charge >= 0.3 is 6.03 Å². The first-order valence-electron chi connectivity index (χ1n) is 4.51. The summed E-state index contributed by atoms with van der Waals surface area (Å²) in [7, 11) is 0. The van der Waals surface area contributed by atoms with Gasteiger partial charge in [0.05, 0.1) is 23.8 Å². The molecule has 0 radical (unpaired) electrons. The SMILES string of the molecule is NC(=O)NC(=O)C1Cc2nc[nH]c2CN1. The van der Waals surface area contributed by atoms with Gasteiger partial charge in [-0.1, -0.05) is 0 Å². The van der Waals surface area contributed by atoms with Crippen LogP contribution < -0.4 is 16.4 Å². The molecular weight excluding hydrogens is 198 g/mol. The lowest BCUT2D eigenvalue weighted by Gasteiger charge is -2.21. The van der Waals surface area contributed by atoms with Gasteiger partial charge in [-0.2, -0.15) is 0 Å². The first-order chi connectivity index (χ1) is 7.16. The predicted octanol–water partition coefficient (Wildman–Crippen LogP) is -1.38. The van der Waals surface area contributed by atoms with Gasteiger partial charge in [-0.15, -0.1) is 0 Å². The Morgan fingerprint density at radius 1 is 1.60 bits per heavy atom. The molecule has 0 saturated heterocycles. The molecule has 3 amide bonds. The van der Waals surface area contributed by atoms with E-state index in [-0.39, 0.29) is 0 Å². The smallest absolute Gasteiger partial charge is 0.318 e. The fraction of sp³-hybridized carbons (Fsp3) is 0.375. The van der Waals surface area contributed by atoms with E-state index < -0.39 is 18.0 Å². The van der Waals surface area contributed by atoms with E-state index in [0.29, 0.717) is 13.0 Å². The van der Waals surface area contributed by atoms with Gasteiger partial charge in [0.15, 0.2) is 0 Å². The van der Waals surface area contributed by atoms with E-state index >= 15 is 0 Å². The summed E-state index contributed by atoms with van der Waals surface area (Å²) in [5.74, 6) is -0.420. The molecule has 1 aliphatic heterocycles. The average Bonchev–Trinajstić information content (AvgIpc) is 2.62. The molecule has 0 saturated carbocycles. The van der Waals surface area contributed by atoms with Crippen LogP contribution in [0.1, 0.15) is 11.4 Å². The predicted molar refractivity (Wildman–Crippen MR) is 50.6 cm³/mol. The number of nitrogens with two attached hydrogens (primary N) is 1. The Morgan fingerprint density at radius 3 is 3.13 bits per heavy atom. The number of rotatable bonds is 1. The zero-order valence-corrected chi connectivity index (χ0v) is 7.91. The maximum atomic E-state index is 11.4. The summed E-state index contributed by atoms with van der Waals surface area (Å²) >= 11 is 0. The lowest BCUT2D eigenvalue weighted by molar-refractivity contribution is -0.122. The topological polar surface area (TPSA) is 113 Å². The highest BCUT2D eigenvalue weighted by atomic mass is 16.2. The number of carbonyl (C=O) groups is 2. The van der Waals surface area contributed by atoms with Crippen LogP contribution in [-0.4, -0.2) is 27.9 Å². The van der Waals surface area contributed by atoms with E-state index in [2.05, 4.69) is 15.3 Å². The van der Waals surface area contributed by atoms with E-state index in [9.17, 15) is 9.59 Å². The van der Waals surface area contributed by atoms with Gasteiger partial charge in [0.1, 0.15) is 0 Å². The van der Waals surface area contributed by atoms with Gasteiger partial charge in [-0.05, 0) is 0 Å². The number of amides is 3. The molecule has 0 aliphatic carbocycles. The molecule has 7 nitrogen and oxygen atoms in total. The maximum absolute atomic E-state index is 11.4. The Labute approximate surface area is 85.4 Å². The molecule has 0 bridgehead atoms. The van der Waals surface area contributed by atoms with Crippen LogP contribution in [0.5, 0.6) is 0 Å². The second-order valence-corrected chi connectivity index (χ2v) is 3.32. The van der Waals surface area contributed by atoms with Crippen LogP contribution in [0, 0.1) is 0 Å². The lowest BCUT2D eigenvalue weighted by Crippen LogP contribution is -2.50. The van der Waals surface area contributed by atoms with Gasteiger partial charge in [0.25, 0.3) is 0 Å². The van der Waals surface area contributed by atoms with Crippen molar-refractivity contribution in [1.29, 1.82) is 0 Å². The number of primary amides is 1. The average molecular weight is 209 g/mol. The van der Waals surface area contributed by atoms with Crippen molar-refractivity contribution in [3.05, 3.63) is 17.7 Å². The number of aromatic amines is 1. The molecule has 2 heterocycles. The van der Waals surface area contributed by atoms with E-state index in [4.69, 9.17) is 5.73 Å². The van der Waals surface area contributed by atoms with E-state index in [1.54, 1.807) is 6.33 Å². The first kappa shape index (κ1) is 9.66. The quantitative estimate of drug-likeness (QED) is 0.456. The highest BCUT2D eigenvalue weighted by Gasteiger charge is 2.26.